The van der Waals surface area contributed by atoms with E-state index >= 15 is 0 Å². The number of nitrogens with one attached hydrogen (secondary N) is 1. The first kappa shape index (κ1) is 13.7. The molecule has 0 atom stereocenters. The number of hydrogen-bond acceptors (Lipinski definition) is 5. The molecule has 23 heavy (non-hydrogen) atoms. The lowest BCUT2D eigenvalue weighted by Crippen LogP contribution is -2.49. The molecular weight excluding hydrogens is 292 g/mol. The Balaban J connectivity index is 1.46. The van der Waals surface area contributed by atoms with Crippen LogP contribution in [0.1, 0.15) is 10.6 Å². The fourth-order valence-corrected chi connectivity index (χ4v) is 2.80. The van der Waals surface area contributed by atoms with E-state index in [-0.39, 0.29) is 5.91 Å². The molecule has 0 radical (unpaired) electrons. The molecule has 4 rings (SSSR count). The standard InChI is InChI=1S/C16H16N6O/c23-16(15-19-12-3-1-2-4-13(12)20-15)22-9-7-21(8-10-22)14-11-17-5-6-18-14/h1-6,11H,7-10H2,(H,19,20). The van der Waals surface area contributed by atoms with E-state index in [1.807, 2.05) is 29.2 Å². The summed E-state index contributed by atoms with van der Waals surface area (Å²) in [6.45, 7) is 2.77. The average Bonchev–Trinajstić information content (AvgIpc) is 3.06. The fraction of sp³-hybridized carbons (Fsp3) is 0.250. The Hall–Kier alpha value is -2.96. The molecule has 0 saturated carbocycles. The van der Waals surface area contributed by atoms with Crippen molar-refractivity contribution in [3.63, 3.8) is 0 Å². The van der Waals surface area contributed by atoms with E-state index in [4.69, 9.17) is 0 Å². The summed E-state index contributed by atoms with van der Waals surface area (Å²) in [5.41, 5.74) is 1.70. The number of anilines is 1. The van der Waals surface area contributed by atoms with E-state index in [9.17, 15) is 4.79 Å². The van der Waals surface area contributed by atoms with Gasteiger partial charge in [0.15, 0.2) is 5.82 Å². The third-order valence-electron chi connectivity index (χ3n) is 4.03. The van der Waals surface area contributed by atoms with Gasteiger partial charge in [-0.3, -0.25) is 9.78 Å². The summed E-state index contributed by atoms with van der Waals surface area (Å²) in [6, 6.07) is 7.66. The molecule has 0 unspecified atom stereocenters. The molecule has 0 spiro atoms. The predicted octanol–water partition coefficient (Wildman–Crippen LogP) is 1.32. The van der Waals surface area contributed by atoms with Crippen molar-refractivity contribution in [2.75, 3.05) is 31.1 Å². The minimum absolute atomic E-state index is 0.0556. The number of carbonyl (C=O) groups is 1. The maximum atomic E-state index is 12.6. The molecule has 116 valence electrons. The van der Waals surface area contributed by atoms with Gasteiger partial charge in [-0.15, -0.1) is 0 Å². The number of aromatic nitrogens is 4. The number of amides is 1. The van der Waals surface area contributed by atoms with Gasteiger partial charge < -0.3 is 14.8 Å². The van der Waals surface area contributed by atoms with Gasteiger partial charge in [0.1, 0.15) is 5.82 Å². The zero-order chi connectivity index (χ0) is 15.6. The maximum absolute atomic E-state index is 12.6. The highest BCUT2D eigenvalue weighted by molar-refractivity contribution is 5.94. The fourth-order valence-electron chi connectivity index (χ4n) is 2.80. The molecule has 0 bridgehead atoms. The monoisotopic (exact) mass is 308 g/mol. The van der Waals surface area contributed by atoms with Gasteiger partial charge in [-0.25, -0.2) is 9.97 Å². The number of piperazine rings is 1. The molecule has 3 aromatic rings. The van der Waals surface area contributed by atoms with Crippen LogP contribution in [0.4, 0.5) is 5.82 Å². The van der Waals surface area contributed by atoms with Crippen LogP contribution >= 0.6 is 0 Å². The normalized spacial score (nSPS) is 15.1. The number of hydrogen-bond donors (Lipinski definition) is 1. The van der Waals surface area contributed by atoms with E-state index in [1.54, 1.807) is 18.6 Å². The molecule has 1 aliphatic heterocycles. The van der Waals surface area contributed by atoms with Crippen molar-refractivity contribution in [1.82, 2.24) is 24.8 Å². The van der Waals surface area contributed by atoms with Crippen molar-refractivity contribution in [3.8, 4) is 0 Å². The topological polar surface area (TPSA) is 78.0 Å². The number of nitrogens with zero attached hydrogens (tertiary/aromatic N) is 5. The quantitative estimate of drug-likeness (QED) is 0.772. The molecule has 0 aliphatic carbocycles. The summed E-state index contributed by atoms with van der Waals surface area (Å²) in [7, 11) is 0. The number of benzene rings is 1. The second-order valence-corrected chi connectivity index (χ2v) is 5.45. The molecular formula is C16H16N6O. The van der Waals surface area contributed by atoms with Crippen LogP contribution < -0.4 is 4.90 Å². The molecule has 7 nitrogen and oxygen atoms in total. The second-order valence-electron chi connectivity index (χ2n) is 5.45. The molecule has 3 heterocycles. The molecule has 1 aromatic carbocycles. The first-order valence-electron chi connectivity index (χ1n) is 7.56. The first-order valence-corrected chi connectivity index (χ1v) is 7.56. The average molecular weight is 308 g/mol. The Bertz CT molecular complexity index is 790. The van der Waals surface area contributed by atoms with Crippen LogP contribution in [-0.4, -0.2) is 56.9 Å². The smallest absolute Gasteiger partial charge is 0.289 e. The Morgan fingerprint density at radius 3 is 2.65 bits per heavy atom. The van der Waals surface area contributed by atoms with Gasteiger partial charge in [0.2, 0.25) is 0 Å². The zero-order valence-electron chi connectivity index (χ0n) is 12.5. The summed E-state index contributed by atoms with van der Waals surface area (Å²) in [4.78, 5) is 32.4. The minimum Gasteiger partial charge on any atom is -0.352 e. The number of carbonyl (C=O) groups excluding carboxylic acids is 1. The van der Waals surface area contributed by atoms with Crippen LogP contribution in [0.25, 0.3) is 11.0 Å². The number of H-pyrrole nitrogens is 1. The maximum Gasteiger partial charge on any atom is 0.289 e. The molecule has 1 aliphatic rings. The van der Waals surface area contributed by atoms with Gasteiger partial charge >= 0.3 is 0 Å². The van der Waals surface area contributed by atoms with Crippen molar-refractivity contribution in [2.45, 2.75) is 0 Å². The molecule has 1 N–H and O–H groups in total. The van der Waals surface area contributed by atoms with Gasteiger partial charge in [0, 0.05) is 38.6 Å². The molecule has 7 heteroatoms. The number of fused-ring (bicyclic) bond motifs is 1. The zero-order valence-corrected chi connectivity index (χ0v) is 12.5. The Morgan fingerprint density at radius 2 is 1.91 bits per heavy atom. The van der Waals surface area contributed by atoms with E-state index in [1.165, 1.54) is 0 Å². The largest absolute Gasteiger partial charge is 0.352 e. The number of rotatable bonds is 2. The minimum atomic E-state index is -0.0556. The number of aromatic amines is 1. The first-order chi connectivity index (χ1) is 11.3. The highest BCUT2D eigenvalue weighted by Gasteiger charge is 2.24. The lowest BCUT2D eigenvalue weighted by atomic mass is 10.3. The van der Waals surface area contributed by atoms with Crippen LogP contribution in [0.5, 0.6) is 0 Å². The van der Waals surface area contributed by atoms with Gasteiger partial charge in [0.05, 0.1) is 17.2 Å². The van der Waals surface area contributed by atoms with Gasteiger partial charge in [-0.05, 0) is 12.1 Å². The van der Waals surface area contributed by atoms with Crippen molar-refractivity contribution < 1.29 is 4.79 Å². The molecule has 1 fully saturated rings. The van der Waals surface area contributed by atoms with Crippen molar-refractivity contribution in [1.29, 1.82) is 0 Å². The van der Waals surface area contributed by atoms with E-state index in [2.05, 4.69) is 24.8 Å². The van der Waals surface area contributed by atoms with Crippen molar-refractivity contribution >= 4 is 22.8 Å². The van der Waals surface area contributed by atoms with Crippen LogP contribution in [0.15, 0.2) is 42.9 Å². The number of para-hydroxylation sites is 2. The van der Waals surface area contributed by atoms with Gasteiger partial charge in [-0.2, -0.15) is 0 Å². The van der Waals surface area contributed by atoms with E-state index < -0.39 is 0 Å². The van der Waals surface area contributed by atoms with Crippen LogP contribution in [0.3, 0.4) is 0 Å². The highest BCUT2D eigenvalue weighted by atomic mass is 16.2. The highest BCUT2D eigenvalue weighted by Crippen LogP contribution is 2.15. The third kappa shape index (κ3) is 2.61. The van der Waals surface area contributed by atoms with E-state index in [0.717, 1.165) is 29.9 Å². The van der Waals surface area contributed by atoms with Gasteiger partial charge in [-0.1, -0.05) is 12.1 Å². The van der Waals surface area contributed by atoms with Gasteiger partial charge in [0.25, 0.3) is 5.91 Å². The number of imidazole rings is 1. The third-order valence-corrected chi connectivity index (χ3v) is 4.03. The molecule has 1 amide bonds. The van der Waals surface area contributed by atoms with Crippen LogP contribution in [0, 0.1) is 0 Å². The summed E-state index contributed by atoms with van der Waals surface area (Å²) < 4.78 is 0. The van der Waals surface area contributed by atoms with Crippen LogP contribution in [0.2, 0.25) is 0 Å². The van der Waals surface area contributed by atoms with Crippen LogP contribution in [-0.2, 0) is 0 Å². The SMILES string of the molecule is O=C(c1nc2ccccc2[nH]1)N1CCN(c2cnccn2)CC1. The Kier molecular flexibility index (Phi) is 3.38. The summed E-state index contributed by atoms with van der Waals surface area (Å²) >= 11 is 0. The lowest BCUT2D eigenvalue weighted by Gasteiger charge is -2.34. The molecule has 1 saturated heterocycles. The molecule has 2 aromatic heterocycles. The summed E-state index contributed by atoms with van der Waals surface area (Å²) in [5, 5.41) is 0. The Labute approximate surface area is 133 Å². The van der Waals surface area contributed by atoms with Crippen molar-refractivity contribution in [2.24, 2.45) is 0 Å². The Morgan fingerprint density at radius 1 is 1.09 bits per heavy atom. The van der Waals surface area contributed by atoms with Crippen molar-refractivity contribution in [3.05, 3.63) is 48.7 Å². The predicted molar refractivity (Wildman–Crippen MR) is 86.2 cm³/mol. The summed E-state index contributed by atoms with van der Waals surface area (Å²) in [5.74, 6) is 1.20. The second kappa shape index (κ2) is 5.68. The summed E-state index contributed by atoms with van der Waals surface area (Å²) in [6.07, 6.45) is 5.09. The lowest BCUT2D eigenvalue weighted by molar-refractivity contribution is 0.0735. The van der Waals surface area contributed by atoms with E-state index in [0.29, 0.717) is 18.9 Å².